The molecule has 1 atom stereocenters. The molecule has 0 bridgehead atoms. The van der Waals surface area contributed by atoms with E-state index in [0.717, 1.165) is 16.2 Å². The number of pyridine rings is 1. The minimum absolute atomic E-state index is 0.105. The second kappa shape index (κ2) is 9.73. The summed E-state index contributed by atoms with van der Waals surface area (Å²) in [5, 5.41) is 5.40. The topological polar surface area (TPSA) is 110 Å². The smallest absolute Gasteiger partial charge is 0.325 e. The largest absolute Gasteiger partial charge is 0.493 e. The lowest BCUT2D eigenvalue weighted by molar-refractivity contribution is -0.128. The molecule has 0 unspecified atom stereocenters. The first-order chi connectivity index (χ1) is 14.5. The summed E-state index contributed by atoms with van der Waals surface area (Å²) in [6.45, 7) is 0.420. The van der Waals surface area contributed by atoms with Gasteiger partial charge in [-0.25, -0.2) is 4.79 Å². The molecule has 1 aromatic heterocycles. The van der Waals surface area contributed by atoms with Crippen LogP contribution in [0.5, 0.6) is 11.5 Å². The van der Waals surface area contributed by atoms with Gasteiger partial charge in [0, 0.05) is 12.6 Å². The van der Waals surface area contributed by atoms with Gasteiger partial charge in [0.05, 0.1) is 33.0 Å². The molecular weight excluding hydrogens is 388 g/mol. The fourth-order valence-electron chi connectivity index (χ4n) is 3.14. The summed E-state index contributed by atoms with van der Waals surface area (Å²) in [5.41, 5.74) is 1.47. The molecule has 2 aromatic rings. The van der Waals surface area contributed by atoms with E-state index in [9.17, 15) is 14.4 Å². The Hall–Kier alpha value is -3.62. The fraction of sp³-hybridized carbons (Fsp3) is 0.333. The Balaban J connectivity index is 1.52. The van der Waals surface area contributed by atoms with Gasteiger partial charge >= 0.3 is 6.03 Å². The van der Waals surface area contributed by atoms with E-state index < -0.39 is 12.1 Å². The molecule has 1 aliphatic heterocycles. The van der Waals surface area contributed by atoms with Crippen molar-refractivity contribution in [1.29, 1.82) is 0 Å². The van der Waals surface area contributed by atoms with Crippen molar-refractivity contribution in [3.63, 3.8) is 0 Å². The Morgan fingerprint density at radius 2 is 1.97 bits per heavy atom. The van der Waals surface area contributed by atoms with E-state index in [2.05, 4.69) is 15.6 Å². The molecule has 1 fully saturated rings. The first-order valence-electron chi connectivity index (χ1n) is 9.51. The Bertz CT molecular complexity index is 919. The molecule has 2 N–H and O–H groups in total. The number of rotatable bonds is 9. The van der Waals surface area contributed by atoms with Gasteiger partial charge in [-0.15, -0.1) is 0 Å². The number of urea groups is 1. The van der Waals surface area contributed by atoms with Gasteiger partial charge in [0.15, 0.2) is 11.5 Å². The maximum Gasteiger partial charge on any atom is 0.325 e. The molecule has 2 heterocycles. The zero-order chi connectivity index (χ0) is 21.5. The van der Waals surface area contributed by atoms with Crippen molar-refractivity contribution in [2.24, 2.45) is 0 Å². The number of nitrogens with zero attached hydrogens (tertiary/aromatic N) is 2. The van der Waals surface area contributed by atoms with Crippen molar-refractivity contribution >= 4 is 17.8 Å². The first-order valence-corrected chi connectivity index (χ1v) is 9.51. The maximum atomic E-state index is 12.6. The van der Waals surface area contributed by atoms with Gasteiger partial charge in [-0.1, -0.05) is 12.1 Å². The van der Waals surface area contributed by atoms with Gasteiger partial charge in [0.2, 0.25) is 5.91 Å². The fourth-order valence-corrected chi connectivity index (χ4v) is 3.14. The van der Waals surface area contributed by atoms with Crippen molar-refractivity contribution in [2.45, 2.75) is 32.0 Å². The molecular formula is C21H24N4O5. The van der Waals surface area contributed by atoms with Crippen molar-refractivity contribution in [2.75, 3.05) is 14.2 Å². The Morgan fingerprint density at radius 3 is 2.67 bits per heavy atom. The molecule has 9 heteroatoms. The van der Waals surface area contributed by atoms with E-state index in [4.69, 9.17) is 9.47 Å². The summed E-state index contributed by atoms with van der Waals surface area (Å²) in [7, 11) is 3.05. The molecule has 158 valence electrons. The van der Waals surface area contributed by atoms with Crippen molar-refractivity contribution in [1.82, 2.24) is 20.5 Å². The number of amides is 4. The highest BCUT2D eigenvalue weighted by atomic mass is 16.5. The van der Waals surface area contributed by atoms with E-state index in [1.807, 2.05) is 12.1 Å². The average molecular weight is 412 g/mol. The predicted molar refractivity (Wildman–Crippen MR) is 108 cm³/mol. The maximum absolute atomic E-state index is 12.6. The number of ether oxygens (including phenoxy) is 2. The minimum atomic E-state index is -0.724. The van der Waals surface area contributed by atoms with Crippen LogP contribution in [0.1, 0.15) is 24.1 Å². The Labute approximate surface area is 174 Å². The second-order valence-corrected chi connectivity index (χ2v) is 6.75. The normalized spacial score (nSPS) is 15.7. The van der Waals surface area contributed by atoms with Crippen LogP contribution in [0.4, 0.5) is 4.79 Å². The minimum Gasteiger partial charge on any atom is -0.493 e. The highest BCUT2D eigenvalue weighted by Gasteiger charge is 2.37. The second-order valence-electron chi connectivity index (χ2n) is 6.75. The molecule has 3 rings (SSSR count). The van der Waals surface area contributed by atoms with Crippen LogP contribution in [0.15, 0.2) is 42.6 Å². The standard InChI is InChI=1S/C21H24N4O5/c1-29-17-8-6-14(11-18(17)30-2)13-25-20(27)16(24-21(25)28)7-9-19(26)23-12-15-5-3-4-10-22-15/h3-6,8,10-11,16H,7,9,12-13H2,1-2H3,(H,23,26)(H,24,28)/t16-/m1/s1. The molecule has 1 saturated heterocycles. The molecule has 0 radical (unpaired) electrons. The SMILES string of the molecule is COc1ccc(CN2C(=O)N[C@H](CCC(=O)NCc3ccccn3)C2=O)cc1OC. The highest BCUT2D eigenvalue weighted by molar-refractivity contribution is 6.04. The molecule has 1 aromatic carbocycles. The third-order valence-corrected chi connectivity index (χ3v) is 4.75. The molecule has 9 nitrogen and oxygen atoms in total. The summed E-state index contributed by atoms with van der Waals surface area (Å²) >= 11 is 0. The molecule has 4 amide bonds. The third kappa shape index (κ3) is 5.05. The number of methoxy groups -OCH3 is 2. The van der Waals surface area contributed by atoms with E-state index in [-0.39, 0.29) is 31.2 Å². The lowest BCUT2D eigenvalue weighted by atomic mass is 10.1. The van der Waals surface area contributed by atoms with Crippen LogP contribution in [0.2, 0.25) is 0 Å². The van der Waals surface area contributed by atoms with Crippen LogP contribution in [0.3, 0.4) is 0 Å². The van der Waals surface area contributed by atoms with Crippen LogP contribution in [0, 0.1) is 0 Å². The first kappa shape index (κ1) is 21.1. The monoisotopic (exact) mass is 412 g/mol. The molecule has 0 aliphatic carbocycles. The van der Waals surface area contributed by atoms with Gasteiger partial charge in [0.1, 0.15) is 6.04 Å². The van der Waals surface area contributed by atoms with Gasteiger partial charge in [0.25, 0.3) is 5.91 Å². The lowest BCUT2D eigenvalue weighted by Gasteiger charge is -2.15. The number of benzene rings is 1. The van der Waals surface area contributed by atoms with Crippen LogP contribution < -0.4 is 20.1 Å². The molecule has 30 heavy (non-hydrogen) atoms. The van der Waals surface area contributed by atoms with Crippen LogP contribution in [-0.2, 0) is 22.7 Å². The van der Waals surface area contributed by atoms with Crippen molar-refractivity contribution in [3.8, 4) is 11.5 Å². The van der Waals surface area contributed by atoms with E-state index in [0.29, 0.717) is 18.0 Å². The Kier molecular flexibility index (Phi) is 6.84. The number of aromatic nitrogens is 1. The van der Waals surface area contributed by atoms with Gasteiger partial charge in [-0.05, 0) is 36.2 Å². The summed E-state index contributed by atoms with van der Waals surface area (Å²) in [6.07, 6.45) is 2.00. The quantitative estimate of drug-likeness (QED) is 0.606. The summed E-state index contributed by atoms with van der Waals surface area (Å²) in [5.74, 6) is 0.518. The summed E-state index contributed by atoms with van der Waals surface area (Å²) in [6, 6.07) is 9.45. The van der Waals surface area contributed by atoms with Gasteiger partial charge in [-0.2, -0.15) is 0 Å². The summed E-state index contributed by atoms with van der Waals surface area (Å²) < 4.78 is 10.5. The van der Waals surface area contributed by atoms with Gasteiger partial charge in [-0.3, -0.25) is 19.5 Å². The summed E-state index contributed by atoms with van der Waals surface area (Å²) in [4.78, 5) is 42.2. The highest BCUT2D eigenvalue weighted by Crippen LogP contribution is 2.28. The predicted octanol–water partition coefficient (Wildman–Crippen LogP) is 1.62. The molecule has 0 saturated carbocycles. The van der Waals surface area contributed by atoms with Crippen LogP contribution in [-0.4, -0.2) is 48.0 Å². The number of hydrogen-bond donors (Lipinski definition) is 2. The van der Waals surface area contributed by atoms with Crippen molar-refractivity contribution < 1.29 is 23.9 Å². The van der Waals surface area contributed by atoms with E-state index >= 15 is 0 Å². The molecule has 1 aliphatic rings. The van der Waals surface area contributed by atoms with Crippen molar-refractivity contribution in [3.05, 3.63) is 53.9 Å². The third-order valence-electron chi connectivity index (χ3n) is 4.75. The number of carbonyl (C=O) groups excluding carboxylic acids is 3. The Morgan fingerprint density at radius 1 is 1.17 bits per heavy atom. The number of nitrogens with one attached hydrogen (secondary N) is 2. The number of carbonyl (C=O) groups is 3. The zero-order valence-corrected chi connectivity index (χ0v) is 16.9. The lowest BCUT2D eigenvalue weighted by Crippen LogP contribution is -2.32. The number of imide groups is 1. The van der Waals surface area contributed by atoms with E-state index in [1.165, 1.54) is 14.2 Å². The van der Waals surface area contributed by atoms with E-state index in [1.54, 1.807) is 30.5 Å². The van der Waals surface area contributed by atoms with Crippen LogP contribution in [0.25, 0.3) is 0 Å². The average Bonchev–Trinajstić information content (AvgIpc) is 3.04. The molecule has 0 spiro atoms. The van der Waals surface area contributed by atoms with Gasteiger partial charge < -0.3 is 20.1 Å². The van der Waals surface area contributed by atoms with Crippen LogP contribution >= 0.6 is 0 Å². The zero-order valence-electron chi connectivity index (χ0n) is 16.9. The number of hydrogen-bond acceptors (Lipinski definition) is 6.